The van der Waals surface area contributed by atoms with Crippen LogP contribution in [-0.4, -0.2) is 11.7 Å². The van der Waals surface area contributed by atoms with E-state index in [-0.39, 0.29) is 5.91 Å². The van der Waals surface area contributed by atoms with Crippen LogP contribution in [0.15, 0.2) is 64.0 Å². The van der Waals surface area contributed by atoms with E-state index in [1.165, 1.54) is 0 Å². The molecular weight excluding hydrogens is 322 g/mol. The molecule has 0 bridgehead atoms. The van der Waals surface area contributed by atoms with Gasteiger partial charge in [0.15, 0.2) is 0 Å². The van der Waals surface area contributed by atoms with Gasteiger partial charge < -0.3 is 5.32 Å². The SMILES string of the molecule is O=C(CSc1ccccc1)NCc1ccc(Br)cc1. The average molecular weight is 336 g/mol. The molecule has 0 aliphatic carbocycles. The molecular formula is C15H14BrNOS. The topological polar surface area (TPSA) is 29.1 Å². The standard InChI is InChI=1S/C15H14BrNOS/c16-13-8-6-12(7-9-13)10-17-15(18)11-19-14-4-2-1-3-5-14/h1-9H,10-11H2,(H,17,18). The number of hydrogen-bond acceptors (Lipinski definition) is 2. The molecule has 19 heavy (non-hydrogen) atoms. The lowest BCUT2D eigenvalue weighted by Crippen LogP contribution is -2.24. The van der Waals surface area contributed by atoms with E-state index in [0.717, 1.165) is 14.9 Å². The summed E-state index contributed by atoms with van der Waals surface area (Å²) in [5.74, 6) is 0.498. The molecule has 0 saturated heterocycles. The third kappa shape index (κ3) is 5.09. The predicted molar refractivity (Wildman–Crippen MR) is 83.2 cm³/mol. The minimum atomic E-state index is 0.0526. The molecule has 2 aromatic carbocycles. The second-order valence-electron chi connectivity index (χ2n) is 4.00. The summed E-state index contributed by atoms with van der Waals surface area (Å²) in [6.45, 7) is 0.571. The van der Waals surface area contributed by atoms with Crippen LogP contribution in [0.2, 0.25) is 0 Å². The maximum absolute atomic E-state index is 11.7. The largest absolute Gasteiger partial charge is 0.351 e. The van der Waals surface area contributed by atoms with E-state index in [9.17, 15) is 4.79 Å². The molecule has 0 unspecified atom stereocenters. The van der Waals surface area contributed by atoms with Crippen LogP contribution in [0.25, 0.3) is 0 Å². The Labute approximate surface area is 125 Å². The number of rotatable bonds is 5. The molecule has 0 aliphatic heterocycles. The zero-order chi connectivity index (χ0) is 13.5. The molecule has 1 N–H and O–H groups in total. The Bertz CT molecular complexity index is 528. The molecule has 0 heterocycles. The van der Waals surface area contributed by atoms with Crippen molar-refractivity contribution in [3.8, 4) is 0 Å². The number of thioether (sulfide) groups is 1. The predicted octanol–water partition coefficient (Wildman–Crippen LogP) is 3.86. The van der Waals surface area contributed by atoms with Crippen molar-refractivity contribution >= 4 is 33.6 Å². The summed E-state index contributed by atoms with van der Waals surface area (Å²) in [6.07, 6.45) is 0. The van der Waals surface area contributed by atoms with Crippen LogP contribution in [0.1, 0.15) is 5.56 Å². The van der Waals surface area contributed by atoms with Gasteiger partial charge >= 0.3 is 0 Å². The molecule has 0 spiro atoms. The van der Waals surface area contributed by atoms with E-state index < -0.39 is 0 Å². The van der Waals surface area contributed by atoms with E-state index in [0.29, 0.717) is 12.3 Å². The van der Waals surface area contributed by atoms with Crippen molar-refractivity contribution in [3.63, 3.8) is 0 Å². The molecule has 0 fully saturated rings. The van der Waals surface area contributed by atoms with E-state index in [1.54, 1.807) is 11.8 Å². The van der Waals surface area contributed by atoms with Crippen molar-refractivity contribution in [2.24, 2.45) is 0 Å². The highest BCUT2D eigenvalue weighted by atomic mass is 79.9. The molecule has 2 rings (SSSR count). The summed E-state index contributed by atoms with van der Waals surface area (Å²) in [5.41, 5.74) is 1.10. The molecule has 1 amide bonds. The van der Waals surface area contributed by atoms with Gasteiger partial charge in [-0.25, -0.2) is 0 Å². The lowest BCUT2D eigenvalue weighted by molar-refractivity contribution is -0.118. The average Bonchev–Trinajstić information content (AvgIpc) is 2.45. The fourth-order valence-corrected chi connectivity index (χ4v) is 2.53. The number of hydrogen-bond donors (Lipinski definition) is 1. The maximum atomic E-state index is 11.7. The molecule has 0 saturated carbocycles. The van der Waals surface area contributed by atoms with Gasteiger partial charge in [-0.05, 0) is 29.8 Å². The number of benzene rings is 2. The monoisotopic (exact) mass is 335 g/mol. The van der Waals surface area contributed by atoms with Crippen molar-refractivity contribution in [1.82, 2.24) is 5.32 Å². The van der Waals surface area contributed by atoms with Crippen LogP contribution < -0.4 is 5.32 Å². The molecule has 0 atom stereocenters. The van der Waals surface area contributed by atoms with Crippen molar-refractivity contribution in [2.75, 3.05) is 5.75 Å². The van der Waals surface area contributed by atoms with Crippen LogP contribution in [0.5, 0.6) is 0 Å². The van der Waals surface area contributed by atoms with Crippen LogP contribution in [-0.2, 0) is 11.3 Å². The van der Waals surface area contributed by atoms with Crippen molar-refractivity contribution in [1.29, 1.82) is 0 Å². The zero-order valence-corrected chi connectivity index (χ0v) is 12.7. The van der Waals surface area contributed by atoms with Crippen LogP contribution in [0.3, 0.4) is 0 Å². The second-order valence-corrected chi connectivity index (χ2v) is 5.97. The second kappa shape index (κ2) is 7.36. The Morgan fingerprint density at radius 2 is 1.74 bits per heavy atom. The third-order valence-corrected chi connectivity index (χ3v) is 4.06. The van der Waals surface area contributed by atoms with E-state index in [4.69, 9.17) is 0 Å². The highest BCUT2D eigenvalue weighted by molar-refractivity contribution is 9.10. The molecule has 2 aromatic rings. The summed E-state index contributed by atoms with van der Waals surface area (Å²) in [5, 5.41) is 2.91. The lowest BCUT2D eigenvalue weighted by Gasteiger charge is -2.05. The first-order valence-corrected chi connectivity index (χ1v) is 7.71. The first-order valence-electron chi connectivity index (χ1n) is 5.93. The number of halogens is 1. The minimum Gasteiger partial charge on any atom is -0.351 e. The number of nitrogens with one attached hydrogen (secondary N) is 1. The quantitative estimate of drug-likeness (QED) is 0.840. The normalized spacial score (nSPS) is 10.2. The summed E-state index contributed by atoms with van der Waals surface area (Å²) in [7, 11) is 0. The fourth-order valence-electron chi connectivity index (χ4n) is 1.52. The first-order chi connectivity index (χ1) is 9.24. The molecule has 0 aromatic heterocycles. The molecule has 4 heteroatoms. The number of carbonyl (C=O) groups is 1. The summed E-state index contributed by atoms with van der Waals surface area (Å²) in [6, 6.07) is 17.9. The first kappa shape index (κ1) is 14.2. The summed E-state index contributed by atoms with van der Waals surface area (Å²) >= 11 is 4.93. The van der Waals surface area contributed by atoms with Gasteiger partial charge in [-0.15, -0.1) is 11.8 Å². The Morgan fingerprint density at radius 3 is 2.42 bits per heavy atom. The molecule has 0 aliphatic rings. The van der Waals surface area contributed by atoms with E-state index in [2.05, 4.69) is 21.2 Å². The summed E-state index contributed by atoms with van der Waals surface area (Å²) < 4.78 is 1.04. The highest BCUT2D eigenvalue weighted by Gasteiger charge is 2.02. The zero-order valence-electron chi connectivity index (χ0n) is 10.3. The molecule has 0 radical (unpaired) electrons. The van der Waals surface area contributed by atoms with Gasteiger partial charge in [0.05, 0.1) is 5.75 Å². The summed E-state index contributed by atoms with van der Waals surface area (Å²) in [4.78, 5) is 12.8. The van der Waals surface area contributed by atoms with Gasteiger partial charge in [0.25, 0.3) is 0 Å². The van der Waals surface area contributed by atoms with E-state index in [1.807, 2.05) is 54.6 Å². The van der Waals surface area contributed by atoms with Crippen molar-refractivity contribution in [2.45, 2.75) is 11.4 Å². The highest BCUT2D eigenvalue weighted by Crippen LogP contribution is 2.16. The third-order valence-electron chi connectivity index (χ3n) is 2.52. The Hall–Kier alpha value is -1.26. The smallest absolute Gasteiger partial charge is 0.230 e. The van der Waals surface area contributed by atoms with Gasteiger partial charge in [-0.2, -0.15) is 0 Å². The minimum absolute atomic E-state index is 0.0526. The van der Waals surface area contributed by atoms with Crippen molar-refractivity contribution in [3.05, 3.63) is 64.6 Å². The Morgan fingerprint density at radius 1 is 1.05 bits per heavy atom. The van der Waals surface area contributed by atoms with Crippen molar-refractivity contribution < 1.29 is 4.79 Å². The van der Waals surface area contributed by atoms with Gasteiger partial charge in [0.1, 0.15) is 0 Å². The van der Waals surface area contributed by atoms with Crippen LogP contribution in [0.4, 0.5) is 0 Å². The molecule has 98 valence electrons. The van der Waals surface area contributed by atoms with Gasteiger partial charge in [-0.3, -0.25) is 4.79 Å². The number of carbonyl (C=O) groups excluding carboxylic acids is 1. The lowest BCUT2D eigenvalue weighted by atomic mass is 10.2. The van der Waals surface area contributed by atoms with Crippen LogP contribution >= 0.6 is 27.7 Å². The molecule has 2 nitrogen and oxygen atoms in total. The maximum Gasteiger partial charge on any atom is 0.230 e. The van der Waals surface area contributed by atoms with Gasteiger partial charge in [-0.1, -0.05) is 46.3 Å². The van der Waals surface area contributed by atoms with Gasteiger partial charge in [0, 0.05) is 15.9 Å². The number of amides is 1. The van der Waals surface area contributed by atoms with Gasteiger partial charge in [0.2, 0.25) is 5.91 Å². The van der Waals surface area contributed by atoms with Crippen LogP contribution in [0, 0.1) is 0 Å². The fraction of sp³-hybridized carbons (Fsp3) is 0.133. The Balaban J connectivity index is 1.74. The Kier molecular flexibility index (Phi) is 5.48. The van der Waals surface area contributed by atoms with E-state index >= 15 is 0 Å².